The van der Waals surface area contributed by atoms with E-state index in [-0.39, 0.29) is 17.0 Å². The molecule has 1 heterocycles. The van der Waals surface area contributed by atoms with Crippen molar-refractivity contribution < 1.29 is 21.5 Å². The molecule has 1 rings (SSSR count). The van der Waals surface area contributed by atoms with E-state index in [0.29, 0.717) is 0 Å². The highest BCUT2D eigenvalue weighted by Crippen LogP contribution is 1.97. The monoisotopic (exact) mass is 229 g/mol. The Morgan fingerprint density at radius 2 is 2.08 bits per heavy atom. The van der Waals surface area contributed by atoms with Gasteiger partial charge in [0.15, 0.2) is 11.9 Å². The van der Waals surface area contributed by atoms with Gasteiger partial charge in [0.1, 0.15) is 7.05 Å². The van der Waals surface area contributed by atoms with Gasteiger partial charge >= 0.3 is 0 Å². The van der Waals surface area contributed by atoms with E-state index in [1.54, 1.807) is 0 Å². The Labute approximate surface area is 85.2 Å². The molecular weight excluding hydrogens is 214 g/mol. The molecule has 12 heavy (non-hydrogen) atoms. The molecule has 0 radical (unpaired) electrons. The number of aromatic nitrogens is 1. The average Bonchev–Trinajstić information content (AvgIpc) is 2.03. The van der Waals surface area contributed by atoms with Gasteiger partial charge in [-0.3, -0.25) is 0 Å². The predicted octanol–water partition coefficient (Wildman–Crippen LogP) is -1.14. The van der Waals surface area contributed by atoms with E-state index < -0.39 is 0 Å². The molecule has 0 N–H and O–H groups in total. The van der Waals surface area contributed by atoms with Crippen LogP contribution in [0, 0.1) is 0 Å². The van der Waals surface area contributed by atoms with Gasteiger partial charge in [-0.05, 0) is 6.42 Å². The third-order valence-corrected chi connectivity index (χ3v) is 1.95. The minimum atomic E-state index is 0. The Bertz CT molecular complexity index is 223. The molecule has 0 aromatic carbocycles. The quantitative estimate of drug-likeness (QED) is 0.578. The van der Waals surface area contributed by atoms with Gasteiger partial charge in [0, 0.05) is 18.6 Å². The first-order valence-electron chi connectivity index (χ1n) is 4.28. The SMILES string of the molecule is CCCCc1cccc[n+]1C.[Br-]. The van der Waals surface area contributed by atoms with Crippen molar-refractivity contribution in [1.29, 1.82) is 0 Å². The van der Waals surface area contributed by atoms with Crippen molar-refractivity contribution in [3.8, 4) is 0 Å². The summed E-state index contributed by atoms with van der Waals surface area (Å²) in [4.78, 5) is 0. The van der Waals surface area contributed by atoms with Gasteiger partial charge in [0.25, 0.3) is 0 Å². The Hall–Kier alpha value is -0.370. The number of hydrogen-bond acceptors (Lipinski definition) is 0. The zero-order valence-electron chi connectivity index (χ0n) is 7.76. The smallest absolute Gasteiger partial charge is 0.181 e. The summed E-state index contributed by atoms with van der Waals surface area (Å²) in [5.74, 6) is 0. The molecular formula is C10H16BrN. The van der Waals surface area contributed by atoms with Crippen molar-refractivity contribution in [2.75, 3.05) is 0 Å². The fourth-order valence-corrected chi connectivity index (χ4v) is 1.18. The summed E-state index contributed by atoms with van der Waals surface area (Å²) in [5.41, 5.74) is 1.43. The van der Waals surface area contributed by atoms with Crippen molar-refractivity contribution in [2.45, 2.75) is 26.2 Å². The summed E-state index contributed by atoms with van der Waals surface area (Å²) in [7, 11) is 2.10. The van der Waals surface area contributed by atoms with Crippen molar-refractivity contribution in [3.05, 3.63) is 30.1 Å². The lowest BCUT2D eigenvalue weighted by atomic mass is 10.2. The second-order valence-corrected chi connectivity index (χ2v) is 2.91. The van der Waals surface area contributed by atoms with Gasteiger partial charge < -0.3 is 17.0 Å². The topological polar surface area (TPSA) is 3.88 Å². The van der Waals surface area contributed by atoms with Crippen molar-refractivity contribution in [2.24, 2.45) is 7.05 Å². The predicted molar refractivity (Wildman–Crippen MR) is 46.2 cm³/mol. The third-order valence-electron chi connectivity index (χ3n) is 1.95. The minimum Gasteiger partial charge on any atom is -1.00 e. The van der Waals surface area contributed by atoms with Gasteiger partial charge in [-0.1, -0.05) is 19.4 Å². The van der Waals surface area contributed by atoms with Gasteiger partial charge in [0.05, 0.1) is 0 Å². The van der Waals surface area contributed by atoms with E-state index in [1.807, 2.05) is 0 Å². The van der Waals surface area contributed by atoms with Crippen molar-refractivity contribution >= 4 is 0 Å². The van der Waals surface area contributed by atoms with Crippen LogP contribution in [0.5, 0.6) is 0 Å². The first-order valence-corrected chi connectivity index (χ1v) is 4.28. The Morgan fingerprint density at radius 1 is 1.33 bits per heavy atom. The molecule has 0 fully saturated rings. The van der Waals surface area contributed by atoms with Crippen LogP contribution in [0.4, 0.5) is 0 Å². The van der Waals surface area contributed by atoms with Crippen LogP contribution in [0.1, 0.15) is 25.5 Å². The highest BCUT2D eigenvalue weighted by molar-refractivity contribution is 4.96. The molecule has 0 saturated carbocycles. The standard InChI is InChI=1S/C10H16N.BrH/c1-3-4-7-10-8-5-6-9-11(10)2;/h5-6,8-9H,3-4,7H2,1-2H3;1H/q+1;/p-1. The van der Waals surface area contributed by atoms with Crippen LogP contribution in [0.25, 0.3) is 0 Å². The number of nitrogens with zero attached hydrogens (tertiary/aromatic N) is 1. The summed E-state index contributed by atoms with van der Waals surface area (Å²) in [6, 6.07) is 6.36. The number of halogens is 1. The molecule has 0 aliphatic heterocycles. The molecule has 1 aromatic rings. The maximum absolute atomic E-state index is 2.23. The van der Waals surface area contributed by atoms with Gasteiger partial charge in [-0.25, -0.2) is 4.57 Å². The maximum Gasteiger partial charge on any atom is 0.181 e. The zero-order chi connectivity index (χ0) is 8.10. The summed E-state index contributed by atoms with van der Waals surface area (Å²) < 4.78 is 2.19. The van der Waals surface area contributed by atoms with Crippen LogP contribution in [0.2, 0.25) is 0 Å². The summed E-state index contributed by atoms with van der Waals surface area (Å²) >= 11 is 0. The van der Waals surface area contributed by atoms with E-state index in [0.717, 1.165) is 0 Å². The number of hydrogen-bond donors (Lipinski definition) is 0. The fraction of sp³-hybridized carbons (Fsp3) is 0.500. The van der Waals surface area contributed by atoms with Gasteiger partial charge in [-0.15, -0.1) is 0 Å². The second kappa shape index (κ2) is 6.18. The molecule has 0 bridgehead atoms. The van der Waals surface area contributed by atoms with Crippen LogP contribution in [-0.4, -0.2) is 0 Å². The number of aryl methyl sites for hydroxylation is 2. The first kappa shape index (κ1) is 11.6. The van der Waals surface area contributed by atoms with E-state index in [4.69, 9.17) is 0 Å². The molecule has 0 aliphatic carbocycles. The second-order valence-electron chi connectivity index (χ2n) is 2.91. The molecule has 0 atom stereocenters. The summed E-state index contributed by atoms with van der Waals surface area (Å²) in [6.07, 6.45) is 5.87. The van der Waals surface area contributed by atoms with Crippen LogP contribution < -0.4 is 21.5 Å². The molecule has 1 aromatic heterocycles. The van der Waals surface area contributed by atoms with Crippen molar-refractivity contribution in [1.82, 2.24) is 0 Å². The Balaban J connectivity index is 0.00000121. The van der Waals surface area contributed by atoms with Crippen LogP contribution >= 0.6 is 0 Å². The van der Waals surface area contributed by atoms with Crippen LogP contribution in [-0.2, 0) is 13.5 Å². The van der Waals surface area contributed by atoms with Gasteiger partial charge in [0.2, 0.25) is 0 Å². The largest absolute Gasteiger partial charge is 1.00 e. The minimum absolute atomic E-state index is 0. The average molecular weight is 230 g/mol. The molecule has 0 spiro atoms. The molecule has 68 valence electrons. The normalized spacial score (nSPS) is 9.17. The maximum atomic E-state index is 2.23. The van der Waals surface area contributed by atoms with Crippen LogP contribution in [0.15, 0.2) is 24.4 Å². The lowest BCUT2D eigenvalue weighted by Crippen LogP contribution is -3.00. The number of pyridine rings is 1. The van der Waals surface area contributed by atoms with E-state index in [2.05, 4.69) is 42.9 Å². The van der Waals surface area contributed by atoms with E-state index in [1.165, 1.54) is 25.0 Å². The summed E-state index contributed by atoms with van der Waals surface area (Å²) in [6.45, 7) is 2.23. The highest BCUT2D eigenvalue weighted by atomic mass is 79.9. The zero-order valence-corrected chi connectivity index (χ0v) is 9.34. The van der Waals surface area contributed by atoms with E-state index in [9.17, 15) is 0 Å². The van der Waals surface area contributed by atoms with Gasteiger partial charge in [-0.2, -0.15) is 0 Å². The lowest BCUT2D eigenvalue weighted by molar-refractivity contribution is -0.679. The number of rotatable bonds is 3. The number of unbranched alkanes of at least 4 members (excludes halogenated alkanes) is 1. The van der Waals surface area contributed by atoms with Crippen molar-refractivity contribution in [3.63, 3.8) is 0 Å². The highest BCUT2D eigenvalue weighted by Gasteiger charge is 2.01. The van der Waals surface area contributed by atoms with E-state index >= 15 is 0 Å². The molecule has 1 nitrogen and oxygen atoms in total. The fourth-order valence-electron chi connectivity index (χ4n) is 1.18. The molecule has 0 unspecified atom stereocenters. The Morgan fingerprint density at radius 3 is 2.67 bits per heavy atom. The molecule has 0 aliphatic rings. The summed E-state index contributed by atoms with van der Waals surface area (Å²) in [5, 5.41) is 0. The molecule has 0 amide bonds. The lowest BCUT2D eigenvalue weighted by Gasteiger charge is -1.96. The third kappa shape index (κ3) is 3.35. The first-order chi connectivity index (χ1) is 5.34. The molecule has 0 saturated heterocycles. The molecule has 2 heteroatoms. The Kier molecular flexibility index (Phi) is 5.99. The van der Waals surface area contributed by atoms with Crippen LogP contribution in [0.3, 0.4) is 0 Å².